The first-order valence-electron chi connectivity index (χ1n) is 1.46. The molecular formula is C2H9Cl2O2P. The van der Waals surface area contributed by atoms with Crippen LogP contribution in [0.4, 0.5) is 0 Å². The summed E-state index contributed by atoms with van der Waals surface area (Å²) >= 11 is 0. The third-order valence-corrected chi connectivity index (χ3v) is 0.741. The molecule has 1 atom stereocenters. The second kappa shape index (κ2) is 15.9. The molecule has 0 aromatic heterocycles. The molecule has 2 nitrogen and oxygen atoms in total. The highest BCUT2D eigenvalue weighted by Crippen LogP contribution is 1.83. The molecule has 0 fully saturated rings. The lowest BCUT2D eigenvalue weighted by atomic mass is 10.9. The molecule has 0 heterocycles. The van der Waals surface area contributed by atoms with E-state index in [1.165, 1.54) is 0 Å². The van der Waals surface area contributed by atoms with Crippen molar-refractivity contribution in [3.63, 3.8) is 0 Å². The largest absolute Gasteiger partial charge is 0.396 e. The molecule has 0 aromatic rings. The maximum Gasteiger partial charge on any atom is 0.0667 e. The van der Waals surface area contributed by atoms with Crippen LogP contribution >= 0.6 is 33.3 Å². The van der Waals surface area contributed by atoms with Crippen LogP contribution in [0.5, 0.6) is 0 Å². The zero-order valence-corrected chi connectivity index (χ0v) is 6.45. The molecule has 0 rings (SSSR count). The minimum Gasteiger partial charge on any atom is -0.396 e. The Kier molecular flexibility index (Phi) is 35.5. The Morgan fingerprint density at radius 1 is 1.43 bits per heavy atom. The summed E-state index contributed by atoms with van der Waals surface area (Å²) in [5.74, 6) is 0. The van der Waals surface area contributed by atoms with Crippen molar-refractivity contribution in [3.05, 3.63) is 0 Å². The average molecular weight is 167 g/mol. The minimum atomic E-state index is -0.714. The molecule has 0 aliphatic carbocycles. The van der Waals surface area contributed by atoms with Crippen molar-refractivity contribution in [2.24, 2.45) is 0 Å². The van der Waals surface area contributed by atoms with Crippen molar-refractivity contribution in [2.75, 3.05) is 12.8 Å². The summed E-state index contributed by atoms with van der Waals surface area (Å²) in [6.45, 7) is 0.0683. The first kappa shape index (κ1) is 15.7. The zero-order valence-electron chi connectivity index (χ0n) is 3.66. The van der Waals surface area contributed by atoms with Crippen molar-refractivity contribution in [3.8, 4) is 0 Å². The van der Waals surface area contributed by atoms with E-state index >= 15 is 0 Å². The highest BCUT2D eigenvalue weighted by Gasteiger charge is 1.66. The third-order valence-electron chi connectivity index (χ3n) is 0.247. The first-order valence-corrected chi connectivity index (χ1v) is 2.75. The lowest BCUT2D eigenvalue weighted by Gasteiger charge is -1.70. The van der Waals surface area contributed by atoms with Gasteiger partial charge < -0.3 is 9.67 Å². The Bertz CT molecular complexity index is 34.9. The van der Waals surface area contributed by atoms with Gasteiger partial charge >= 0.3 is 0 Å². The molecule has 0 aromatic carbocycles. The van der Waals surface area contributed by atoms with Gasteiger partial charge in [-0.05, 0) is 0 Å². The van der Waals surface area contributed by atoms with Crippen LogP contribution < -0.4 is 0 Å². The summed E-state index contributed by atoms with van der Waals surface area (Å²) in [6.07, 6.45) is 0.472. The number of aliphatic hydroxyl groups excluding tert-OH is 1. The quantitative estimate of drug-likeness (QED) is 0.610. The number of halogens is 2. The van der Waals surface area contributed by atoms with Gasteiger partial charge in [-0.3, -0.25) is 0 Å². The Labute approximate surface area is 56.3 Å². The van der Waals surface area contributed by atoms with Crippen molar-refractivity contribution in [1.29, 1.82) is 0 Å². The molecular weight excluding hydrogens is 158 g/mol. The second-order valence-electron chi connectivity index (χ2n) is 0.679. The van der Waals surface area contributed by atoms with Gasteiger partial charge in [-0.25, -0.2) is 0 Å². The van der Waals surface area contributed by atoms with Gasteiger partial charge in [0.05, 0.1) is 8.46 Å². The summed E-state index contributed by atoms with van der Waals surface area (Å²) in [7, 11) is -0.714. The number of hydrogen-bond donors (Lipinski definition) is 1. The monoisotopic (exact) mass is 166 g/mol. The molecule has 0 aliphatic rings. The number of hydrogen-bond acceptors (Lipinski definition) is 2. The van der Waals surface area contributed by atoms with Crippen LogP contribution in [-0.4, -0.2) is 17.9 Å². The Hall–Kier alpha value is 0.770. The molecule has 0 saturated carbocycles. The van der Waals surface area contributed by atoms with E-state index in [2.05, 4.69) is 0 Å². The summed E-state index contributed by atoms with van der Waals surface area (Å²) in [5, 5.41) is 7.89. The Morgan fingerprint density at radius 2 is 1.86 bits per heavy atom. The molecule has 0 spiro atoms. The van der Waals surface area contributed by atoms with Crippen LogP contribution in [0.2, 0.25) is 0 Å². The van der Waals surface area contributed by atoms with Gasteiger partial charge in [-0.1, -0.05) is 0 Å². The smallest absolute Gasteiger partial charge is 0.0667 e. The summed E-state index contributed by atoms with van der Waals surface area (Å²) in [4.78, 5) is 0. The van der Waals surface area contributed by atoms with Gasteiger partial charge in [0, 0.05) is 12.8 Å². The maximum absolute atomic E-state index is 9.45. The normalized spacial score (nSPS) is 7.57. The SMILES string of the molecule is Cl.Cl.O=[PH2]CCO. The Balaban J connectivity index is -0.0000000800. The van der Waals surface area contributed by atoms with Gasteiger partial charge in [0.15, 0.2) is 0 Å². The van der Waals surface area contributed by atoms with E-state index in [-0.39, 0.29) is 31.4 Å². The molecule has 0 saturated heterocycles. The predicted molar refractivity (Wildman–Crippen MR) is 36.8 cm³/mol. The van der Waals surface area contributed by atoms with Gasteiger partial charge in [0.25, 0.3) is 0 Å². The maximum atomic E-state index is 9.45. The standard InChI is InChI=1S/C2H7O2P.2ClH/c3-1-2-5-4;;/h3H,1-2,5H2;2*1H. The number of aliphatic hydroxyl groups is 1. The fourth-order valence-corrected chi connectivity index (χ4v) is 0.158. The fraction of sp³-hybridized carbons (Fsp3) is 1.00. The molecule has 0 aliphatic heterocycles. The number of rotatable bonds is 2. The minimum absolute atomic E-state index is 0. The van der Waals surface area contributed by atoms with Crippen molar-refractivity contribution >= 4 is 33.3 Å². The second-order valence-corrected chi connectivity index (χ2v) is 1.59. The van der Waals surface area contributed by atoms with Gasteiger partial charge in [0.2, 0.25) is 0 Å². The van der Waals surface area contributed by atoms with Crippen LogP contribution in [0.1, 0.15) is 0 Å². The zero-order chi connectivity index (χ0) is 4.12. The summed E-state index contributed by atoms with van der Waals surface area (Å²) < 4.78 is 9.45. The average Bonchev–Trinajstić information content (AvgIpc) is 1.41. The molecule has 48 valence electrons. The van der Waals surface area contributed by atoms with Gasteiger partial charge in [-0.15, -0.1) is 24.8 Å². The fourth-order valence-electron chi connectivity index (χ4n) is 0.0527. The van der Waals surface area contributed by atoms with E-state index in [0.717, 1.165) is 0 Å². The van der Waals surface area contributed by atoms with Gasteiger partial charge in [0.1, 0.15) is 0 Å². The highest BCUT2D eigenvalue weighted by molar-refractivity contribution is 7.23. The molecule has 7 heavy (non-hydrogen) atoms. The molecule has 0 radical (unpaired) electrons. The van der Waals surface area contributed by atoms with Crippen molar-refractivity contribution in [2.45, 2.75) is 0 Å². The van der Waals surface area contributed by atoms with E-state index in [4.69, 9.17) is 5.11 Å². The van der Waals surface area contributed by atoms with Crippen LogP contribution in [-0.2, 0) is 4.57 Å². The van der Waals surface area contributed by atoms with Crippen LogP contribution in [0.25, 0.3) is 0 Å². The summed E-state index contributed by atoms with van der Waals surface area (Å²) in [5.41, 5.74) is 0. The lowest BCUT2D eigenvalue weighted by Crippen LogP contribution is -1.76. The van der Waals surface area contributed by atoms with E-state index in [1.807, 2.05) is 0 Å². The first-order chi connectivity index (χ1) is 2.41. The van der Waals surface area contributed by atoms with Crippen molar-refractivity contribution < 1.29 is 9.67 Å². The van der Waals surface area contributed by atoms with E-state index in [1.54, 1.807) is 0 Å². The predicted octanol–water partition coefficient (Wildman–Crippen LogP) is 0.579. The van der Waals surface area contributed by atoms with Crippen LogP contribution in [0.3, 0.4) is 0 Å². The van der Waals surface area contributed by atoms with Gasteiger partial charge in [-0.2, -0.15) is 0 Å². The van der Waals surface area contributed by atoms with Crippen molar-refractivity contribution in [1.82, 2.24) is 0 Å². The summed E-state index contributed by atoms with van der Waals surface area (Å²) in [6, 6.07) is 0. The molecule has 0 bridgehead atoms. The molecule has 0 amide bonds. The molecule has 1 unspecified atom stereocenters. The van der Waals surface area contributed by atoms with E-state index in [0.29, 0.717) is 6.16 Å². The Morgan fingerprint density at radius 3 is 1.86 bits per heavy atom. The topological polar surface area (TPSA) is 37.3 Å². The molecule has 1 N–H and O–H groups in total. The van der Waals surface area contributed by atoms with Crippen LogP contribution in [0.15, 0.2) is 0 Å². The lowest BCUT2D eigenvalue weighted by molar-refractivity contribution is 0.321. The third kappa shape index (κ3) is 20.1. The van der Waals surface area contributed by atoms with E-state index < -0.39 is 8.46 Å². The highest BCUT2D eigenvalue weighted by atomic mass is 35.5. The molecule has 5 heteroatoms. The van der Waals surface area contributed by atoms with Crippen LogP contribution in [0, 0.1) is 0 Å². The van der Waals surface area contributed by atoms with E-state index in [9.17, 15) is 4.57 Å².